The van der Waals surface area contributed by atoms with Crippen molar-refractivity contribution in [3.05, 3.63) is 42.5 Å². The zero-order valence-corrected chi connectivity index (χ0v) is 34.7. The number of carbonyl (C=O) groups excluding carboxylic acids is 4. The smallest absolute Gasteiger partial charge is 0.427 e. The molecule has 1 aromatic carbocycles. The molecule has 6 rings (SSSR count). The fourth-order valence-corrected chi connectivity index (χ4v) is 9.59. The average Bonchev–Trinajstić information content (AvgIpc) is 4.01. The molecule has 2 saturated carbocycles. The summed E-state index contributed by atoms with van der Waals surface area (Å²) >= 11 is 0. The maximum atomic E-state index is 14.9. The van der Waals surface area contributed by atoms with E-state index in [1.54, 1.807) is 19.9 Å². The summed E-state index contributed by atoms with van der Waals surface area (Å²) in [5.74, 6) is -4.69. The normalized spacial score (nSPS) is 29.6. The molecule has 58 heavy (non-hydrogen) atoms. The first kappa shape index (κ1) is 43.4. The van der Waals surface area contributed by atoms with Crippen LogP contribution in [-0.4, -0.2) is 83.7 Å². The van der Waals surface area contributed by atoms with Gasteiger partial charge in [0.25, 0.3) is 0 Å². The number of fused-ring (bicyclic) bond motifs is 3. The highest BCUT2D eigenvalue weighted by Crippen LogP contribution is 2.58. The van der Waals surface area contributed by atoms with Crippen molar-refractivity contribution in [1.29, 1.82) is 0 Å². The van der Waals surface area contributed by atoms with Crippen LogP contribution in [-0.2, 0) is 33.9 Å². The number of nitrogens with zero attached hydrogens (tertiary/aromatic N) is 2. The van der Waals surface area contributed by atoms with Crippen LogP contribution in [0.4, 0.5) is 13.2 Å². The Kier molecular flexibility index (Phi) is 12.0. The lowest BCUT2D eigenvalue weighted by atomic mass is 9.82. The molecule has 0 spiro atoms. The van der Waals surface area contributed by atoms with Gasteiger partial charge in [-0.3, -0.25) is 23.9 Å². The van der Waals surface area contributed by atoms with Gasteiger partial charge in [0.15, 0.2) is 5.78 Å². The number of hydrogen-bond acceptors (Lipinski definition) is 10. The fourth-order valence-electron chi connectivity index (χ4n) is 8.26. The molecule has 3 fully saturated rings. The lowest BCUT2D eigenvalue weighted by molar-refractivity contribution is -0.257. The number of sulfonamides is 1. The minimum absolute atomic E-state index is 0.0171. The minimum atomic E-state index is -4.87. The van der Waals surface area contributed by atoms with E-state index in [-0.39, 0.29) is 37.6 Å². The van der Waals surface area contributed by atoms with E-state index in [9.17, 15) is 40.8 Å². The Bertz CT molecular complexity index is 2070. The molecule has 4 aliphatic rings. The number of carbonyl (C=O) groups is 4. The van der Waals surface area contributed by atoms with Gasteiger partial charge in [-0.2, -0.15) is 18.2 Å². The number of aromatic nitrogens is 1. The molecule has 318 valence electrons. The molecule has 7 atom stereocenters. The second kappa shape index (κ2) is 16.1. The molecule has 2 amide bonds. The topological polar surface area (TPSA) is 158 Å². The summed E-state index contributed by atoms with van der Waals surface area (Å²) in [5, 5.41) is 1.42. The summed E-state index contributed by atoms with van der Waals surface area (Å²) in [5.41, 5.74) is -4.19. The Morgan fingerprint density at radius 3 is 2.47 bits per heavy atom. The fraction of sp³-hybridized carbons (Fsp3) is 0.643. The average molecular weight is 834 g/mol. The molecule has 12 nitrogen and oxygen atoms in total. The first-order chi connectivity index (χ1) is 27.1. The highest BCUT2D eigenvalue weighted by molar-refractivity contribution is 7.91. The number of nitrogens with one attached hydrogen (secondary N) is 1. The third-order valence-electron chi connectivity index (χ3n) is 12.5. The van der Waals surface area contributed by atoms with Crippen molar-refractivity contribution in [1.82, 2.24) is 14.6 Å². The zero-order valence-electron chi connectivity index (χ0n) is 33.9. The number of amides is 2. The van der Waals surface area contributed by atoms with Gasteiger partial charge in [-0.05, 0) is 95.4 Å². The van der Waals surface area contributed by atoms with Gasteiger partial charge in [0.1, 0.15) is 6.10 Å². The number of allylic oxidation sites excluding steroid dienone is 2. The van der Waals surface area contributed by atoms with Gasteiger partial charge in [-0.25, -0.2) is 8.42 Å². The number of halogens is 3. The van der Waals surface area contributed by atoms with E-state index in [0.717, 1.165) is 19.2 Å². The van der Waals surface area contributed by atoms with Gasteiger partial charge < -0.3 is 19.1 Å². The standard InChI is InChI=1S/C42H54F3N3O9S/c1-7-55-34-19-27-13-9-11-15-30(27)36(46-34)56-29-20-32-33(49)23-41(38(52)47-58(53,54)40(6)16-17-40)22-28(41)14-10-8-12-25(2)18-26(3)31(37(51)48(32)24-29)21-35(50)57-39(4,5)42(43,44)45/h9-11,13-15,19,25-26,28-29,31-32H,7-8,12,16-18,20-24H2,1-6H3,(H,47,52)/b14-10-/t25-,26-,28-,29-,31+,32+,41-/m1/s1. The Morgan fingerprint density at radius 2 is 1.79 bits per heavy atom. The monoisotopic (exact) mass is 833 g/mol. The number of esters is 1. The van der Waals surface area contributed by atoms with Gasteiger partial charge in [-0.15, -0.1) is 0 Å². The highest BCUT2D eigenvalue weighted by atomic mass is 32.2. The lowest BCUT2D eigenvalue weighted by Crippen LogP contribution is -2.48. The first-order valence-corrected chi connectivity index (χ1v) is 21.6. The molecule has 16 heteroatoms. The van der Waals surface area contributed by atoms with E-state index in [1.807, 2.05) is 50.3 Å². The first-order valence-electron chi connectivity index (χ1n) is 20.1. The van der Waals surface area contributed by atoms with Gasteiger partial charge in [0, 0.05) is 24.3 Å². The third kappa shape index (κ3) is 9.01. The molecule has 0 bridgehead atoms. The number of ether oxygens (including phenoxy) is 3. The van der Waals surface area contributed by atoms with Crippen LogP contribution >= 0.6 is 0 Å². The Balaban J connectivity index is 1.36. The molecule has 1 aromatic heterocycles. The van der Waals surface area contributed by atoms with E-state index in [2.05, 4.69) is 9.71 Å². The maximum absolute atomic E-state index is 14.9. The van der Waals surface area contributed by atoms with Crippen LogP contribution in [0.3, 0.4) is 0 Å². The number of benzene rings is 1. The summed E-state index contributed by atoms with van der Waals surface area (Å²) in [4.78, 5) is 62.7. The van der Waals surface area contributed by atoms with E-state index in [0.29, 0.717) is 50.0 Å². The molecule has 0 unspecified atom stereocenters. The Hall–Kier alpha value is -4.21. The van der Waals surface area contributed by atoms with Crippen molar-refractivity contribution in [2.45, 2.75) is 128 Å². The van der Waals surface area contributed by atoms with Crippen LogP contribution in [0.15, 0.2) is 42.5 Å². The zero-order chi connectivity index (χ0) is 42.4. The summed E-state index contributed by atoms with van der Waals surface area (Å²) in [6.07, 6.45) is -0.238. The van der Waals surface area contributed by atoms with Crippen LogP contribution in [0.1, 0.15) is 99.3 Å². The van der Waals surface area contributed by atoms with Crippen LogP contribution in [0.2, 0.25) is 0 Å². The summed E-state index contributed by atoms with van der Waals surface area (Å²) in [7, 11) is -4.03. The quantitative estimate of drug-likeness (QED) is 0.198. The van der Waals surface area contributed by atoms with Gasteiger partial charge >= 0.3 is 12.1 Å². The molecule has 1 saturated heterocycles. The number of ketones is 1. The molecule has 2 aliphatic carbocycles. The largest absolute Gasteiger partial charge is 0.478 e. The maximum Gasteiger partial charge on any atom is 0.427 e. The number of hydrogen-bond donors (Lipinski definition) is 1. The molecule has 0 radical (unpaired) electrons. The Labute approximate surface area is 337 Å². The van der Waals surface area contributed by atoms with Gasteiger partial charge in [0.2, 0.25) is 39.2 Å². The van der Waals surface area contributed by atoms with Crippen LogP contribution in [0, 0.1) is 29.1 Å². The van der Waals surface area contributed by atoms with Crippen LogP contribution in [0.25, 0.3) is 10.8 Å². The van der Waals surface area contributed by atoms with E-state index in [1.165, 1.54) is 4.90 Å². The predicted molar refractivity (Wildman–Crippen MR) is 208 cm³/mol. The highest BCUT2D eigenvalue weighted by Gasteiger charge is 2.63. The third-order valence-corrected chi connectivity index (χ3v) is 14.6. The molecule has 2 aromatic rings. The molecule has 2 aliphatic heterocycles. The predicted octanol–water partition coefficient (Wildman–Crippen LogP) is 6.85. The number of rotatable bonds is 10. The van der Waals surface area contributed by atoms with Crippen molar-refractivity contribution < 1.29 is 55.0 Å². The van der Waals surface area contributed by atoms with Crippen molar-refractivity contribution >= 4 is 44.4 Å². The minimum Gasteiger partial charge on any atom is -0.478 e. The van der Waals surface area contributed by atoms with Crippen molar-refractivity contribution in [3.63, 3.8) is 0 Å². The van der Waals surface area contributed by atoms with E-state index < -0.39 is 91.8 Å². The molecule has 1 N–H and O–H groups in total. The van der Waals surface area contributed by atoms with Gasteiger partial charge in [-0.1, -0.05) is 44.2 Å². The SMILES string of the molecule is CCOc1cc2ccccc2c(O[C@@H]2C[C@H]3C(=O)C[C@]4(C(=O)NS(=O)(=O)C5(C)CC5)C[C@H]4/C=C\CC[C@@H](C)C[C@@H](C)[C@H](CC(=O)OC(C)(C)C(F)(F)F)C(=O)N3C2)n1. The van der Waals surface area contributed by atoms with Crippen LogP contribution < -0.4 is 14.2 Å². The second-order valence-corrected chi connectivity index (χ2v) is 19.7. The number of Topliss-reactive ketones (excluding diaryl/α,β-unsaturated/α-hetero) is 1. The van der Waals surface area contributed by atoms with Crippen LogP contribution in [0.5, 0.6) is 11.8 Å². The van der Waals surface area contributed by atoms with E-state index in [4.69, 9.17) is 14.2 Å². The summed E-state index contributed by atoms with van der Waals surface area (Å²) in [6, 6.07) is 7.91. The molecular weight excluding hydrogens is 780 g/mol. The van der Waals surface area contributed by atoms with Gasteiger partial charge in [0.05, 0.1) is 41.7 Å². The molecular formula is C42H54F3N3O9S. The van der Waals surface area contributed by atoms with E-state index >= 15 is 0 Å². The van der Waals surface area contributed by atoms with Crippen molar-refractivity contribution in [2.24, 2.45) is 29.1 Å². The lowest BCUT2D eigenvalue weighted by Gasteiger charge is -2.33. The second-order valence-electron chi connectivity index (χ2n) is 17.5. The summed E-state index contributed by atoms with van der Waals surface area (Å²) in [6.45, 7) is 8.80. The number of alkyl halides is 3. The Morgan fingerprint density at radius 1 is 1.09 bits per heavy atom. The molecule has 3 heterocycles. The number of pyridine rings is 1. The van der Waals surface area contributed by atoms with Crippen molar-refractivity contribution in [2.75, 3.05) is 13.2 Å². The van der Waals surface area contributed by atoms with Crippen molar-refractivity contribution in [3.8, 4) is 11.8 Å². The summed E-state index contributed by atoms with van der Waals surface area (Å²) < 4.78 is 86.1.